The van der Waals surface area contributed by atoms with Crippen molar-refractivity contribution in [1.29, 1.82) is 0 Å². The van der Waals surface area contributed by atoms with E-state index in [-0.39, 0.29) is 22.8 Å². The smallest absolute Gasteiger partial charge is 0.257 e. The molecule has 0 spiro atoms. The number of nitrogens with zero attached hydrogens (tertiary/aromatic N) is 1. The van der Waals surface area contributed by atoms with Gasteiger partial charge in [-0.3, -0.25) is 4.79 Å². The zero-order valence-corrected chi connectivity index (χ0v) is 11.6. The maximum atomic E-state index is 12.5. The third-order valence-electron chi connectivity index (χ3n) is 3.31. The summed E-state index contributed by atoms with van der Waals surface area (Å²) in [6.45, 7) is 6.11. The van der Waals surface area contributed by atoms with Crippen LogP contribution in [-0.2, 0) is 0 Å². The van der Waals surface area contributed by atoms with E-state index in [9.17, 15) is 9.90 Å². The SMILES string of the molecule is COc1cccc(C(=O)N2CCNC(C)(C)C2)c1O. The van der Waals surface area contributed by atoms with Gasteiger partial charge in [-0.05, 0) is 26.0 Å². The van der Waals surface area contributed by atoms with Crippen LogP contribution in [0, 0.1) is 0 Å². The van der Waals surface area contributed by atoms with Crippen LogP contribution in [0.25, 0.3) is 0 Å². The number of para-hydroxylation sites is 1. The molecule has 5 nitrogen and oxygen atoms in total. The summed E-state index contributed by atoms with van der Waals surface area (Å²) in [6.07, 6.45) is 0. The highest BCUT2D eigenvalue weighted by molar-refractivity contribution is 5.97. The molecule has 2 N–H and O–H groups in total. The van der Waals surface area contributed by atoms with Crippen LogP contribution in [-0.4, -0.2) is 48.2 Å². The number of ether oxygens (including phenoxy) is 1. The second-order valence-electron chi connectivity index (χ2n) is 5.39. The first-order valence-electron chi connectivity index (χ1n) is 6.35. The van der Waals surface area contributed by atoms with Gasteiger partial charge < -0.3 is 20.1 Å². The maximum Gasteiger partial charge on any atom is 0.257 e. The van der Waals surface area contributed by atoms with Gasteiger partial charge in [0.2, 0.25) is 0 Å². The van der Waals surface area contributed by atoms with Gasteiger partial charge in [-0.15, -0.1) is 0 Å². The number of amides is 1. The van der Waals surface area contributed by atoms with E-state index in [1.54, 1.807) is 23.1 Å². The molecule has 19 heavy (non-hydrogen) atoms. The van der Waals surface area contributed by atoms with Crippen molar-refractivity contribution in [2.45, 2.75) is 19.4 Å². The normalized spacial score (nSPS) is 18.2. The molecule has 0 radical (unpaired) electrons. The van der Waals surface area contributed by atoms with Crippen LogP contribution >= 0.6 is 0 Å². The standard InChI is InChI=1S/C14H20N2O3/c1-14(2)9-16(8-7-15-14)13(18)10-5-4-6-11(19-3)12(10)17/h4-6,15,17H,7-9H2,1-3H3. The molecule has 104 valence electrons. The number of hydrogen-bond donors (Lipinski definition) is 2. The van der Waals surface area contributed by atoms with E-state index < -0.39 is 0 Å². The Morgan fingerprint density at radius 1 is 1.47 bits per heavy atom. The van der Waals surface area contributed by atoms with Crippen molar-refractivity contribution in [3.05, 3.63) is 23.8 Å². The summed E-state index contributed by atoms with van der Waals surface area (Å²) in [6, 6.07) is 4.96. The van der Waals surface area contributed by atoms with E-state index >= 15 is 0 Å². The number of methoxy groups -OCH3 is 1. The fourth-order valence-corrected chi connectivity index (χ4v) is 2.34. The highest BCUT2D eigenvalue weighted by Crippen LogP contribution is 2.30. The number of benzene rings is 1. The molecule has 1 aliphatic heterocycles. The molecule has 1 amide bonds. The van der Waals surface area contributed by atoms with Gasteiger partial charge >= 0.3 is 0 Å². The van der Waals surface area contributed by atoms with Gasteiger partial charge in [-0.2, -0.15) is 0 Å². The Bertz CT molecular complexity index is 486. The Hall–Kier alpha value is -1.75. The molecule has 1 fully saturated rings. The largest absolute Gasteiger partial charge is 0.504 e. The molecule has 0 atom stereocenters. The number of carbonyl (C=O) groups is 1. The van der Waals surface area contributed by atoms with Gasteiger partial charge in [0.05, 0.1) is 12.7 Å². The Morgan fingerprint density at radius 2 is 2.21 bits per heavy atom. The molecular weight excluding hydrogens is 244 g/mol. The molecule has 1 saturated heterocycles. The molecule has 1 aromatic carbocycles. The first-order chi connectivity index (χ1) is 8.94. The van der Waals surface area contributed by atoms with E-state index in [2.05, 4.69) is 19.2 Å². The van der Waals surface area contributed by atoms with Gasteiger partial charge in [0.15, 0.2) is 11.5 Å². The van der Waals surface area contributed by atoms with Gasteiger partial charge in [0.25, 0.3) is 5.91 Å². The van der Waals surface area contributed by atoms with Gasteiger partial charge in [-0.1, -0.05) is 6.07 Å². The molecule has 1 aromatic rings. The summed E-state index contributed by atoms with van der Waals surface area (Å²) in [7, 11) is 1.47. The average Bonchev–Trinajstić information content (AvgIpc) is 2.37. The van der Waals surface area contributed by atoms with Crippen LogP contribution in [0.4, 0.5) is 0 Å². The lowest BCUT2D eigenvalue weighted by molar-refractivity contribution is 0.0648. The molecule has 0 bridgehead atoms. The van der Waals surface area contributed by atoms with Crippen molar-refractivity contribution in [3.8, 4) is 11.5 Å². The number of aromatic hydroxyl groups is 1. The van der Waals surface area contributed by atoms with E-state index in [0.717, 1.165) is 6.54 Å². The summed E-state index contributed by atoms with van der Waals surface area (Å²) >= 11 is 0. The fourth-order valence-electron chi connectivity index (χ4n) is 2.34. The van der Waals surface area contributed by atoms with Crippen LogP contribution in [0.1, 0.15) is 24.2 Å². The van der Waals surface area contributed by atoms with E-state index in [4.69, 9.17) is 4.74 Å². The lowest BCUT2D eigenvalue weighted by atomic mass is 10.0. The van der Waals surface area contributed by atoms with Crippen LogP contribution < -0.4 is 10.1 Å². The molecular formula is C14H20N2O3. The molecule has 2 rings (SSSR count). The number of nitrogens with one attached hydrogen (secondary N) is 1. The van der Waals surface area contributed by atoms with Crippen molar-refractivity contribution in [1.82, 2.24) is 10.2 Å². The van der Waals surface area contributed by atoms with Crippen LogP contribution in [0.15, 0.2) is 18.2 Å². The Labute approximate surface area is 113 Å². The molecule has 0 unspecified atom stereocenters. The molecule has 1 aliphatic rings. The number of phenolic OH excluding ortho intramolecular Hbond substituents is 1. The number of carbonyl (C=O) groups excluding carboxylic acids is 1. The first-order valence-corrected chi connectivity index (χ1v) is 6.35. The van der Waals surface area contributed by atoms with Gasteiger partial charge in [0.1, 0.15) is 0 Å². The number of phenols is 1. The summed E-state index contributed by atoms with van der Waals surface area (Å²) in [5.41, 5.74) is 0.180. The summed E-state index contributed by atoms with van der Waals surface area (Å²) in [4.78, 5) is 14.2. The predicted molar refractivity (Wildman–Crippen MR) is 72.6 cm³/mol. The fraction of sp³-hybridized carbons (Fsp3) is 0.500. The third kappa shape index (κ3) is 2.81. The minimum Gasteiger partial charge on any atom is -0.504 e. The number of rotatable bonds is 2. The Morgan fingerprint density at radius 3 is 2.84 bits per heavy atom. The molecule has 0 aliphatic carbocycles. The van der Waals surface area contributed by atoms with E-state index in [0.29, 0.717) is 18.8 Å². The zero-order valence-electron chi connectivity index (χ0n) is 11.6. The number of hydrogen-bond acceptors (Lipinski definition) is 4. The molecule has 0 saturated carbocycles. The van der Waals surface area contributed by atoms with Crippen molar-refractivity contribution in [3.63, 3.8) is 0 Å². The summed E-state index contributed by atoms with van der Waals surface area (Å²) in [5.74, 6) is 0.0672. The van der Waals surface area contributed by atoms with Crippen LogP contribution in [0.5, 0.6) is 11.5 Å². The minimum atomic E-state index is -0.161. The first kappa shape index (κ1) is 13.7. The molecule has 5 heteroatoms. The topological polar surface area (TPSA) is 61.8 Å². The molecule has 0 aromatic heterocycles. The van der Waals surface area contributed by atoms with E-state index in [1.165, 1.54) is 7.11 Å². The van der Waals surface area contributed by atoms with E-state index in [1.807, 2.05) is 0 Å². The minimum absolute atomic E-state index is 0.0914. The third-order valence-corrected chi connectivity index (χ3v) is 3.31. The Kier molecular flexibility index (Phi) is 3.66. The molecule has 1 heterocycles. The highest BCUT2D eigenvalue weighted by atomic mass is 16.5. The second-order valence-corrected chi connectivity index (χ2v) is 5.39. The van der Waals surface area contributed by atoms with Gasteiger partial charge in [0, 0.05) is 25.2 Å². The van der Waals surface area contributed by atoms with Gasteiger partial charge in [-0.25, -0.2) is 0 Å². The predicted octanol–water partition coefficient (Wildman–Crippen LogP) is 1.22. The van der Waals surface area contributed by atoms with Crippen LogP contribution in [0.3, 0.4) is 0 Å². The number of piperazine rings is 1. The maximum absolute atomic E-state index is 12.5. The second kappa shape index (κ2) is 5.09. The van der Waals surface area contributed by atoms with Crippen molar-refractivity contribution in [2.75, 3.05) is 26.7 Å². The summed E-state index contributed by atoms with van der Waals surface area (Å²) < 4.78 is 5.03. The Balaban J connectivity index is 2.25. The van der Waals surface area contributed by atoms with Crippen LogP contribution in [0.2, 0.25) is 0 Å². The summed E-state index contributed by atoms with van der Waals surface area (Å²) in [5, 5.41) is 13.4. The highest BCUT2D eigenvalue weighted by Gasteiger charge is 2.30. The monoisotopic (exact) mass is 264 g/mol. The lowest BCUT2D eigenvalue weighted by Crippen LogP contribution is -2.58. The van der Waals surface area contributed by atoms with Crippen molar-refractivity contribution >= 4 is 5.91 Å². The zero-order chi connectivity index (χ0) is 14.0. The van der Waals surface area contributed by atoms with Crippen molar-refractivity contribution in [2.24, 2.45) is 0 Å². The quantitative estimate of drug-likeness (QED) is 0.843. The van der Waals surface area contributed by atoms with Crippen molar-refractivity contribution < 1.29 is 14.6 Å². The lowest BCUT2D eigenvalue weighted by Gasteiger charge is -2.39. The average molecular weight is 264 g/mol.